The zero-order valence-corrected chi connectivity index (χ0v) is 12.7. The highest BCUT2D eigenvalue weighted by Gasteiger charge is 2.13. The Morgan fingerprint density at radius 1 is 1.14 bits per heavy atom. The van der Waals surface area contributed by atoms with Crippen LogP contribution in [-0.4, -0.2) is 25.5 Å². The molecule has 0 bridgehead atoms. The zero-order chi connectivity index (χ0) is 15.9. The van der Waals surface area contributed by atoms with E-state index in [1.54, 1.807) is 55.6 Å². The molecule has 0 spiro atoms. The van der Waals surface area contributed by atoms with Gasteiger partial charge in [0.2, 0.25) is 0 Å². The first-order valence-corrected chi connectivity index (χ1v) is 6.97. The zero-order valence-electron chi connectivity index (χ0n) is 11.9. The SMILES string of the molecule is CNc1ccccc1C(=O)OCC(=O)Nc1cccc(Cl)c1. The lowest BCUT2D eigenvalue weighted by molar-refractivity contribution is -0.119. The number of nitrogens with one attached hydrogen (secondary N) is 2. The summed E-state index contributed by atoms with van der Waals surface area (Å²) < 4.78 is 5.01. The number of halogens is 1. The fraction of sp³-hybridized carbons (Fsp3) is 0.125. The summed E-state index contributed by atoms with van der Waals surface area (Å²) >= 11 is 5.83. The molecule has 6 heteroatoms. The molecule has 0 saturated heterocycles. The summed E-state index contributed by atoms with van der Waals surface area (Å²) in [6.07, 6.45) is 0. The molecule has 2 N–H and O–H groups in total. The van der Waals surface area contributed by atoms with E-state index in [9.17, 15) is 9.59 Å². The molecule has 0 aliphatic heterocycles. The van der Waals surface area contributed by atoms with E-state index >= 15 is 0 Å². The third kappa shape index (κ3) is 4.23. The second-order valence-corrected chi connectivity index (χ2v) is 4.87. The van der Waals surface area contributed by atoms with Crippen molar-refractivity contribution >= 4 is 34.9 Å². The lowest BCUT2D eigenvalue weighted by atomic mass is 10.2. The highest BCUT2D eigenvalue weighted by molar-refractivity contribution is 6.30. The number of esters is 1. The Bertz CT molecular complexity index is 689. The van der Waals surface area contributed by atoms with Gasteiger partial charge in [0.15, 0.2) is 6.61 Å². The number of rotatable bonds is 5. The van der Waals surface area contributed by atoms with Crippen LogP contribution < -0.4 is 10.6 Å². The van der Waals surface area contributed by atoms with Gasteiger partial charge in [-0.2, -0.15) is 0 Å². The normalized spacial score (nSPS) is 9.91. The van der Waals surface area contributed by atoms with Crippen LogP contribution in [-0.2, 0) is 9.53 Å². The summed E-state index contributed by atoms with van der Waals surface area (Å²) in [5.74, 6) is -0.997. The Kier molecular flexibility index (Phi) is 5.38. The van der Waals surface area contributed by atoms with E-state index in [-0.39, 0.29) is 6.61 Å². The van der Waals surface area contributed by atoms with E-state index in [1.165, 1.54) is 0 Å². The molecule has 0 saturated carbocycles. The second-order valence-electron chi connectivity index (χ2n) is 4.43. The summed E-state index contributed by atoms with van der Waals surface area (Å²) in [7, 11) is 1.71. The predicted molar refractivity (Wildman–Crippen MR) is 86.4 cm³/mol. The molecule has 2 rings (SSSR count). The van der Waals surface area contributed by atoms with Crippen LogP contribution in [0.4, 0.5) is 11.4 Å². The smallest absolute Gasteiger partial charge is 0.340 e. The van der Waals surface area contributed by atoms with Gasteiger partial charge < -0.3 is 15.4 Å². The van der Waals surface area contributed by atoms with Crippen molar-refractivity contribution in [3.05, 3.63) is 59.1 Å². The molecule has 5 nitrogen and oxygen atoms in total. The largest absolute Gasteiger partial charge is 0.452 e. The molecule has 0 aliphatic rings. The number of hydrogen-bond acceptors (Lipinski definition) is 4. The number of benzene rings is 2. The van der Waals surface area contributed by atoms with Crippen LogP contribution in [0, 0.1) is 0 Å². The molecule has 0 unspecified atom stereocenters. The van der Waals surface area contributed by atoms with Crippen LogP contribution in [0.15, 0.2) is 48.5 Å². The van der Waals surface area contributed by atoms with Crippen LogP contribution in [0.25, 0.3) is 0 Å². The van der Waals surface area contributed by atoms with Gasteiger partial charge in [0.05, 0.1) is 5.56 Å². The topological polar surface area (TPSA) is 67.4 Å². The van der Waals surface area contributed by atoms with E-state index in [1.807, 2.05) is 0 Å². The fourth-order valence-electron chi connectivity index (χ4n) is 1.85. The number of carbonyl (C=O) groups excluding carboxylic acids is 2. The van der Waals surface area contributed by atoms with Gasteiger partial charge in [0.1, 0.15) is 0 Å². The summed E-state index contributed by atoms with van der Waals surface area (Å²) in [5, 5.41) is 6.01. The molecular formula is C16H15ClN2O3. The van der Waals surface area contributed by atoms with E-state index in [4.69, 9.17) is 16.3 Å². The Labute approximate surface area is 133 Å². The average molecular weight is 319 g/mol. The van der Waals surface area contributed by atoms with E-state index < -0.39 is 11.9 Å². The van der Waals surface area contributed by atoms with Crippen LogP contribution >= 0.6 is 11.6 Å². The van der Waals surface area contributed by atoms with Crippen LogP contribution in [0.3, 0.4) is 0 Å². The van der Waals surface area contributed by atoms with Crippen molar-refractivity contribution in [1.29, 1.82) is 0 Å². The van der Waals surface area contributed by atoms with E-state index in [2.05, 4.69) is 10.6 Å². The molecule has 0 atom stereocenters. The van der Waals surface area contributed by atoms with Crippen molar-refractivity contribution < 1.29 is 14.3 Å². The molecule has 114 valence electrons. The quantitative estimate of drug-likeness (QED) is 0.831. The minimum atomic E-state index is -0.564. The molecule has 0 radical (unpaired) electrons. The van der Waals surface area contributed by atoms with Crippen molar-refractivity contribution in [2.24, 2.45) is 0 Å². The van der Waals surface area contributed by atoms with Gasteiger partial charge in [-0.05, 0) is 30.3 Å². The van der Waals surface area contributed by atoms with Crippen LogP contribution in [0.1, 0.15) is 10.4 Å². The summed E-state index contributed by atoms with van der Waals surface area (Å²) in [6, 6.07) is 13.6. The van der Waals surface area contributed by atoms with Crippen LogP contribution in [0.5, 0.6) is 0 Å². The first-order valence-electron chi connectivity index (χ1n) is 6.59. The van der Waals surface area contributed by atoms with Gasteiger partial charge in [-0.25, -0.2) is 4.79 Å². The first-order chi connectivity index (χ1) is 10.6. The van der Waals surface area contributed by atoms with Gasteiger partial charge >= 0.3 is 5.97 Å². The molecule has 0 fully saturated rings. The molecule has 0 heterocycles. The predicted octanol–water partition coefficient (Wildman–Crippen LogP) is 3.18. The van der Waals surface area contributed by atoms with Crippen molar-refractivity contribution in [3.8, 4) is 0 Å². The molecule has 2 aromatic carbocycles. The second kappa shape index (κ2) is 7.47. The highest BCUT2D eigenvalue weighted by Crippen LogP contribution is 2.16. The standard InChI is InChI=1S/C16H15ClN2O3/c1-18-14-8-3-2-7-13(14)16(21)22-10-15(20)19-12-6-4-5-11(17)9-12/h2-9,18H,10H2,1H3,(H,19,20). The lowest BCUT2D eigenvalue weighted by Crippen LogP contribution is -2.21. The van der Waals surface area contributed by atoms with Crippen molar-refractivity contribution in [3.63, 3.8) is 0 Å². The van der Waals surface area contributed by atoms with Gasteiger partial charge in [-0.3, -0.25) is 4.79 Å². The van der Waals surface area contributed by atoms with Gasteiger partial charge in [-0.15, -0.1) is 0 Å². The average Bonchev–Trinajstić information content (AvgIpc) is 2.52. The highest BCUT2D eigenvalue weighted by atomic mass is 35.5. The molecule has 0 aromatic heterocycles. The number of anilines is 2. The summed E-state index contributed by atoms with van der Waals surface area (Å²) in [6.45, 7) is -0.372. The number of hydrogen-bond donors (Lipinski definition) is 2. The maximum atomic E-state index is 12.0. The maximum Gasteiger partial charge on any atom is 0.340 e. The maximum absolute atomic E-state index is 12.0. The lowest BCUT2D eigenvalue weighted by Gasteiger charge is -2.09. The minimum absolute atomic E-state index is 0.372. The summed E-state index contributed by atoms with van der Waals surface area (Å²) in [5.41, 5.74) is 1.56. The molecular weight excluding hydrogens is 304 g/mol. The van der Waals surface area contributed by atoms with Crippen LogP contribution in [0.2, 0.25) is 5.02 Å². The van der Waals surface area contributed by atoms with Gasteiger partial charge in [0.25, 0.3) is 5.91 Å². The number of amides is 1. The molecule has 0 aliphatic carbocycles. The van der Waals surface area contributed by atoms with Crippen molar-refractivity contribution in [1.82, 2.24) is 0 Å². The van der Waals surface area contributed by atoms with Crippen molar-refractivity contribution in [2.45, 2.75) is 0 Å². The fourth-order valence-corrected chi connectivity index (χ4v) is 2.04. The van der Waals surface area contributed by atoms with Gasteiger partial charge in [-0.1, -0.05) is 29.8 Å². The number of para-hydroxylation sites is 1. The van der Waals surface area contributed by atoms with E-state index in [0.29, 0.717) is 22.0 Å². The number of carbonyl (C=O) groups is 2. The molecule has 1 amide bonds. The summed E-state index contributed by atoms with van der Waals surface area (Å²) in [4.78, 5) is 23.7. The minimum Gasteiger partial charge on any atom is -0.452 e. The Morgan fingerprint density at radius 2 is 1.91 bits per heavy atom. The molecule has 22 heavy (non-hydrogen) atoms. The Balaban J connectivity index is 1.92. The third-order valence-corrected chi connectivity index (χ3v) is 3.09. The monoisotopic (exact) mass is 318 g/mol. The third-order valence-electron chi connectivity index (χ3n) is 2.86. The molecule has 2 aromatic rings. The van der Waals surface area contributed by atoms with Crippen molar-refractivity contribution in [2.75, 3.05) is 24.3 Å². The Hall–Kier alpha value is -2.53. The Morgan fingerprint density at radius 3 is 2.64 bits per heavy atom. The first kappa shape index (κ1) is 15.9. The van der Waals surface area contributed by atoms with Gasteiger partial charge in [0, 0.05) is 23.4 Å². The number of ether oxygens (including phenoxy) is 1. The van der Waals surface area contributed by atoms with E-state index in [0.717, 1.165) is 0 Å².